The summed E-state index contributed by atoms with van der Waals surface area (Å²) in [5.74, 6) is 0.803. The summed E-state index contributed by atoms with van der Waals surface area (Å²) in [6, 6.07) is 9.36. The van der Waals surface area contributed by atoms with Crippen molar-refractivity contribution in [2.75, 3.05) is 39.8 Å². The summed E-state index contributed by atoms with van der Waals surface area (Å²) in [7, 11) is 2.20. The minimum absolute atomic E-state index is 0.408. The molecule has 0 aromatic heterocycles. The fourth-order valence-electron chi connectivity index (χ4n) is 3.19. The van der Waals surface area contributed by atoms with Gasteiger partial charge in [0.2, 0.25) is 0 Å². The summed E-state index contributed by atoms with van der Waals surface area (Å²) in [4.78, 5) is 4.97. The summed E-state index contributed by atoms with van der Waals surface area (Å²) in [6.07, 6.45) is 2.72. The molecule has 2 aliphatic rings. The van der Waals surface area contributed by atoms with Gasteiger partial charge in [-0.2, -0.15) is 0 Å². The van der Waals surface area contributed by atoms with Crippen LogP contribution in [0.25, 0.3) is 0 Å². The lowest BCUT2D eigenvalue weighted by atomic mass is 9.95. The molecule has 3 nitrogen and oxygen atoms in total. The van der Waals surface area contributed by atoms with Gasteiger partial charge in [0.1, 0.15) is 0 Å². The van der Waals surface area contributed by atoms with E-state index in [1.54, 1.807) is 5.56 Å². The third kappa shape index (κ3) is 2.83. The predicted molar refractivity (Wildman–Crippen MR) is 79.3 cm³/mol. The molecule has 104 valence electrons. The fraction of sp³-hybridized carbons (Fsp3) is 0.625. The first kappa shape index (κ1) is 13.1. The van der Waals surface area contributed by atoms with Crippen LogP contribution in [0.5, 0.6) is 0 Å². The highest BCUT2D eigenvalue weighted by atomic mass is 15.3. The zero-order valence-corrected chi connectivity index (χ0v) is 11.9. The summed E-state index contributed by atoms with van der Waals surface area (Å²) >= 11 is 0. The average Bonchev–Trinajstić information content (AvgIpc) is 3.27. The molecule has 1 unspecified atom stereocenters. The highest BCUT2D eigenvalue weighted by molar-refractivity contribution is 5.36. The minimum Gasteiger partial charge on any atom is -0.329 e. The van der Waals surface area contributed by atoms with E-state index in [1.807, 2.05) is 0 Å². The number of rotatable bonds is 4. The molecule has 0 radical (unpaired) electrons. The second kappa shape index (κ2) is 5.61. The van der Waals surface area contributed by atoms with Crippen molar-refractivity contribution < 1.29 is 0 Å². The van der Waals surface area contributed by atoms with Crippen LogP contribution in [0, 0.1) is 0 Å². The first-order valence-electron chi connectivity index (χ1n) is 7.51. The van der Waals surface area contributed by atoms with Crippen LogP contribution >= 0.6 is 0 Å². The van der Waals surface area contributed by atoms with Crippen LogP contribution in [0.15, 0.2) is 24.3 Å². The van der Waals surface area contributed by atoms with Gasteiger partial charge >= 0.3 is 0 Å². The van der Waals surface area contributed by atoms with Crippen LogP contribution < -0.4 is 5.73 Å². The van der Waals surface area contributed by atoms with Gasteiger partial charge in [-0.3, -0.25) is 4.90 Å². The van der Waals surface area contributed by atoms with E-state index in [1.165, 1.54) is 18.4 Å². The van der Waals surface area contributed by atoms with E-state index in [0.717, 1.165) is 38.6 Å². The normalized spacial score (nSPS) is 23.5. The molecule has 3 heteroatoms. The summed E-state index contributed by atoms with van der Waals surface area (Å²) in [6.45, 7) is 5.31. The van der Waals surface area contributed by atoms with Crippen LogP contribution in [0.4, 0.5) is 0 Å². The Bertz CT molecular complexity index is 420. The van der Waals surface area contributed by atoms with E-state index in [4.69, 9.17) is 5.73 Å². The number of benzene rings is 1. The van der Waals surface area contributed by atoms with Crippen LogP contribution in [-0.2, 0) is 0 Å². The monoisotopic (exact) mass is 259 g/mol. The Morgan fingerprint density at radius 2 is 1.84 bits per heavy atom. The lowest BCUT2D eigenvalue weighted by molar-refractivity contribution is 0.114. The maximum absolute atomic E-state index is 6.10. The molecule has 19 heavy (non-hydrogen) atoms. The Balaban J connectivity index is 1.81. The molecule has 1 saturated carbocycles. The summed E-state index contributed by atoms with van der Waals surface area (Å²) < 4.78 is 0. The van der Waals surface area contributed by atoms with Gasteiger partial charge in [0.15, 0.2) is 0 Å². The molecule has 1 aromatic carbocycles. The number of nitrogens with two attached hydrogens (primary N) is 1. The van der Waals surface area contributed by atoms with Crippen LogP contribution in [-0.4, -0.2) is 49.6 Å². The predicted octanol–water partition coefficient (Wildman–Crippen LogP) is 1.81. The van der Waals surface area contributed by atoms with E-state index < -0.39 is 0 Å². The topological polar surface area (TPSA) is 32.5 Å². The zero-order valence-electron chi connectivity index (χ0n) is 11.9. The Labute approximate surface area is 116 Å². The highest BCUT2D eigenvalue weighted by Gasteiger charge is 2.30. The van der Waals surface area contributed by atoms with Crippen molar-refractivity contribution in [3.8, 4) is 0 Å². The van der Waals surface area contributed by atoms with E-state index in [2.05, 4.69) is 41.1 Å². The highest BCUT2D eigenvalue weighted by Crippen LogP contribution is 2.43. The van der Waals surface area contributed by atoms with Crippen molar-refractivity contribution in [1.29, 1.82) is 0 Å². The lowest BCUT2D eigenvalue weighted by Gasteiger charge is -2.38. The van der Waals surface area contributed by atoms with Gasteiger partial charge in [-0.15, -0.1) is 0 Å². The van der Waals surface area contributed by atoms with Gasteiger partial charge in [0.05, 0.1) is 0 Å². The molecule has 2 N–H and O–H groups in total. The quantitative estimate of drug-likeness (QED) is 0.895. The summed E-state index contributed by atoms with van der Waals surface area (Å²) in [5, 5.41) is 0. The van der Waals surface area contributed by atoms with Crippen molar-refractivity contribution in [1.82, 2.24) is 9.80 Å². The van der Waals surface area contributed by atoms with Crippen molar-refractivity contribution in [3.05, 3.63) is 35.4 Å². The largest absolute Gasteiger partial charge is 0.329 e. The molecule has 1 aromatic rings. The van der Waals surface area contributed by atoms with Gasteiger partial charge in [-0.1, -0.05) is 24.3 Å². The molecule has 1 atom stereocenters. The molecule has 0 spiro atoms. The Morgan fingerprint density at radius 3 is 2.47 bits per heavy atom. The Morgan fingerprint density at radius 1 is 1.16 bits per heavy atom. The van der Waals surface area contributed by atoms with Gasteiger partial charge in [-0.25, -0.2) is 0 Å². The minimum atomic E-state index is 0.408. The standard InChI is InChI=1S/C16H25N3/c1-18-8-10-19(11-9-18)16(12-17)15-5-3-2-4-14(15)13-6-7-13/h2-5,13,16H,6-12,17H2,1H3. The molecule has 1 heterocycles. The number of hydrogen-bond donors (Lipinski definition) is 1. The first-order chi connectivity index (χ1) is 9.29. The molecule has 3 rings (SSSR count). The smallest absolute Gasteiger partial charge is 0.0474 e. The van der Waals surface area contributed by atoms with Crippen LogP contribution in [0.3, 0.4) is 0 Å². The first-order valence-corrected chi connectivity index (χ1v) is 7.51. The number of piperazine rings is 1. The maximum Gasteiger partial charge on any atom is 0.0474 e. The third-order valence-corrected chi connectivity index (χ3v) is 4.57. The zero-order chi connectivity index (χ0) is 13.2. The SMILES string of the molecule is CN1CCN(C(CN)c2ccccc2C2CC2)CC1. The average molecular weight is 259 g/mol. The van der Waals surface area contributed by atoms with Gasteiger partial charge in [-0.05, 0) is 36.9 Å². The van der Waals surface area contributed by atoms with Crippen LogP contribution in [0.2, 0.25) is 0 Å². The molecule has 1 aliphatic carbocycles. The molecule has 0 amide bonds. The van der Waals surface area contributed by atoms with E-state index in [-0.39, 0.29) is 0 Å². The Kier molecular flexibility index (Phi) is 3.87. The molecule has 1 aliphatic heterocycles. The molecular formula is C16H25N3. The van der Waals surface area contributed by atoms with Gasteiger partial charge < -0.3 is 10.6 Å². The summed E-state index contributed by atoms with van der Waals surface area (Å²) in [5.41, 5.74) is 9.14. The molecular weight excluding hydrogens is 234 g/mol. The number of hydrogen-bond acceptors (Lipinski definition) is 3. The second-order valence-corrected chi connectivity index (χ2v) is 5.99. The Hall–Kier alpha value is -0.900. The van der Waals surface area contributed by atoms with Crippen LogP contribution in [0.1, 0.15) is 35.9 Å². The van der Waals surface area contributed by atoms with E-state index >= 15 is 0 Å². The van der Waals surface area contributed by atoms with Gasteiger partial charge in [0.25, 0.3) is 0 Å². The van der Waals surface area contributed by atoms with Crippen molar-refractivity contribution >= 4 is 0 Å². The van der Waals surface area contributed by atoms with Crippen molar-refractivity contribution in [2.45, 2.75) is 24.8 Å². The number of nitrogens with zero attached hydrogens (tertiary/aromatic N) is 2. The fourth-order valence-corrected chi connectivity index (χ4v) is 3.19. The molecule has 2 fully saturated rings. The number of likely N-dealkylation sites (N-methyl/N-ethyl adjacent to an activating group) is 1. The van der Waals surface area contributed by atoms with E-state index in [0.29, 0.717) is 6.04 Å². The molecule has 1 saturated heterocycles. The third-order valence-electron chi connectivity index (χ3n) is 4.57. The maximum atomic E-state index is 6.10. The van der Waals surface area contributed by atoms with Gasteiger partial charge in [0, 0.05) is 38.8 Å². The lowest BCUT2D eigenvalue weighted by Crippen LogP contribution is -2.47. The van der Waals surface area contributed by atoms with E-state index in [9.17, 15) is 0 Å². The second-order valence-electron chi connectivity index (χ2n) is 5.99. The van der Waals surface area contributed by atoms with Crippen molar-refractivity contribution in [2.24, 2.45) is 5.73 Å². The molecule has 0 bridgehead atoms. The van der Waals surface area contributed by atoms with Crippen molar-refractivity contribution in [3.63, 3.8) is 0 Å².